The number of carbonyl (C=O) groups is 3. The van der Waals surface area contributed by atoms with E-state index in [-0.39, 0.29) is 30.3 Å². The molecule has 0 saturated carbocycles. The van der Waals surface area contributed by atoms with E-state index < -0.39 is 65.4 Å². The van der Waals surface area contributed by atoms with Gasteiger partial charge in [0.2, 0.25) is 5.60 Å². The van der Waals surface area contributed by atoms with Crippen LogP contribution in [-0.4, -0.2) is 83.3 Å². The van der Waals surface area contributed by atoms with Crippen LogP contribution in [-0.2, 0) is 45.4 Å². The van der Waals surface area contributed by atoms with Gasteiger partial charge < -0.3 is 40.5 Å². The number of esters is 2. The van der Waals surface area contributed by atoms with Crippen molar-refractivity contribution in [2.45, 2.75) is 83.5 Å². The number of rotatable bonds is 11. The van der Waals surface area contributed by atoms with Gasteiger partial charge >= 0.3 is 11.9 Å². The van der Waals surface area contributed by atoms with Crippen LogP contribution in [0.4, 0.5) is 0 Å². The van der Waals surface area contributed by atoms with Gasteiger partial charge in [0, 0.05) is 6.61 Å². The van der Waals surface area contributed by atoms with Crippen molar-refractivity contribution in [3.63, 3.8) is 0 Å². The summed E-state index contributed by atoms with van der Waals surface area (Å²) in [4.78, 5) is 49.5. The molecule has 14 nitrogen and oxygen atoms in total. The molecule has 0 aliphatic carbocycles. The summed E-state index contributed by atoms with van der Waals surface area (Å²) in [6.45, 7) is 9.89. The van der Waals surface area contributed by atoms with Gasteiger partial charge in [0.15, 0.2) is 11.9 Å². The Morgan fingerprint density at radius 1 is 1.17 bits per heavy atom. The van der Waals surface area contributed by atoms with Gasteiger partial charge in [-0.3, -0.25) is 14.4 Å². The first-order valence-corrected chi connectivity index (χ1v) is 14.7. The van der Waals surface area contributed by atoms with Crippen molar-refractivity contribution in [1.82, 2.24) is 4.98 Å². The summed E-state index contributed by atoms with van der Waals surface area (Å²) in [5.41, 5.74) is 8.43. The monoisotopic (exact) mass is 638 g/mol. The molecule has 1 fully saturated rings. The van der Waals surface area contributed by atoms with Gasteiger partial charge in [-0.1, -0.05) is 51.1 Å². The first-order chi connectivity index (χ1) is 21.6. The molecule has 5 atom stereocenters. The number of hydrogen-bond acceptors (Lipinski definition) is 10. The van der Waals surface area contributed by atoms with Gasteiger partial charge in [-0.15, -0.1) is 0 Å². The standard InChI is InChI=1S/C32H42N6O8/c1-7-44-31(5,6)29(42)38-27(36-18-34)20-13-14-22(37-20)32(17-33)26(40)24(45-28(41)25(35)30(2,3)4)21(46-32)16-43-23(39)15-19-11-9-8-10-12-19/h8-14,18,21,24-26,37,40H,7,15-16,35H2,1-6H3,(H2,34,36,38,42)/t21-,24-,25-,26-,32+/m1/s1. The van der Waals surface area contributed by atoms with Crippen LogP contribution in [0.1, 0.15) is 58.5 Å². The molecule has 1 aliphatic rings. The Kier molecular flexibility index (Phi) is 11.6. The molecular formula is C32H42N6O8. The van der Waals surface area contributed by atoms with Crippen LogP contribution in [0.2, 0.25) is 0 Å². The maximum Gasteiger partial charge on any atom is 0.323 e. The number of aromatic nitrogens is 1. The van der Waals surface area contributed by atoms with Crippen LogP contribution in [0.5, 0.6) is 0 Å². The molecule has 3 rings (SSSR count). The predicted octanol–water partition coefficient (Wildman–Crippen LogP) is 1.64. The lowest BCUT2D eigenvalue weighted by atomic mass is 9.87. The average molecular weight is 639 g/mol. The molecule has 1 aromatic carbocycles. The van der Waals surface area contributed by atoms with Crippen molar-refractivity contribution in [2.75, 3.05) is 13.2 Å². The molecule has 2 aromatic rings. The maximum atomic E-state index is 13.0. The van der Waals surface area contributed by atoms with E-state index in [4.69, 9.17) is 30.4 Å². The summed E-state index contributed by atoms with van der Waals surface area (Å²) in [5.74, 6) is -2.21. The SMILES string of the molecule is CCOC(C)(C)C(=O)N=C(N=CN)c1ccc([C@]2(C#N)O[C@H](COC(=O)Cc3ccccc3)[C@@H](OC(=O)[C@@H](N)C(C)(C)C)[C@H]2O)[nH]1. The van der Waals surface area contributed by atoms with Crippen molar-refractivity contribution >= 4 is 30.0 Å². The van der Waals surface area contributed by atoms with Crippen molar-refractivity contribution in [3.05, 3.63) is 59.4 Å². The van der Waals surface area contributed by atoms with Gasteiger partial charge in [-0.25, -0.2) is 4.99 Å². The molecule has 6 N–H and O–H groups in total. The first kappa shape index (κ1) is 36.1. The topological polar surface area (TPSA) is 225 Å². The summed E-state index contributed by atoms with van der Waals surface area (Å²) < 4.78 is 22.6. The molecule has 1 aromatic heterocycles. The summed E-state index contributed by atoms with van der Waals surface area (Å²) in [6, 6.07) is 12.7. The molecule has 0 bridgehead atoms. The summed E-state index contributed by atoms with van der Waals surface area (Å²) >= 11 is 0. The Morgan fingerprint density at radius 2 is 1.85 bits per heavy atom. The van der Waals surface area contributed by atoms with E-state index in [1.54, 1.807) is 65.8 Å². The van der Waals surface area contributed by atoms with E-state index in [9.17, 15) is 24.8 Å². The third-order valence-electron chi connectivity index (χ3n) is 7.39. The Labute approximate surface area is 267 Å². The van der Waals surface area contributed by atoms with Crippen LogP contribution in [0.3, 0.4) is 0 Å². The molecular weight excluding hydrogens is 596 g/mol. The van der Waals surface area contributed by atoms with E-state index in [1.165, 1.54) is 12.1 Å². The van der Waals surface area contributed by atoms with E-state index in [0.717, 1.165) is 6.34 Å². The zero-order valence-corrected chi connectivity index (χ0v) is 26.9. The molecule has 0 spiro atoms. The minimum atomic E-state index is -2.14. The Balaban J connectivity index is 1.96. The molecule has 0 radical (unpaired) electrons. The van der Waals surface area contributed by atoms with Crippen molar-refractivity contribution in [2.24, 2.45) is 26.9 Å². The smallest absolute Gasteiger partial charge is 0.323 e. The summed E-state index contributed by atoms with van der Waals surface area (Å²) in [5, 5.41) is 21.9. The van der Waals surface area contributed by atoms with Gasteiger partial charge in [0.25, 0.3) is 5.91 Å². The van der Waals surface area contributed by atoms with Crippen molar-refractivity contribution in [3.8, 4) is 6.07 Å². The molecule has 1 aliphatic heterocycles. The number of aliphatic hydroxyl groups is 1. The number of hydrogen-bond donors (Lipinski definition) is 4. The maximum absolute atomic E-state index is 13.0. The fourth-order valence-corrected chi connectivity index (χ4v) is 4.63. The number of amides is 1. The summed E-state index contributed by atoms with van der Waals surface area (Å²) in [7, 11) is 0. The third kappa shape index (κ3) is 8.24. The highest BCUT2D eigenvalue weighted by atomic mass is 16.6. The number of aliphatic hydroxyl groups excluding tert-OH is 1. The van der Waals surface area contributed by atoms with Gasteiger partial charge in [0.05, 0.1) is 24.1 Å². The van der Waals surface area contributed by atoms with E-state index >= 15 is 0 Å². The molecule has 1 amide bonds. The number of aromatic amines is 1. The quantitative estimate of drug-likeness (QED) is 0.157. The second-order valence-electron chi connectivity index (χ2n) is 12.3. The molecule has 14 heteroatoms. The number of nitriles is 1. The van der Waals surface area contributed by atoms with Gasteiger partial charge in [0.1, 0.15) is 36.5 Å². The van der Waals surface area contributed by atoms with Crippen LogP contribution >= 0.6 is 0 Å². The Bertz CT molecular complexity index is 1490. The van der Waals surface area contributed by atoms with Crippen LogP contribution in [0.25, 0.3) is 0 Å². The third-order valence-corrected chi connectivity index (χ3v) is 7.39. The number of aliphatic imine (C=N–C) groups is 2. The van der Waals surface area contributed by atoms with E-state index in [2.05, 4.69) is 15.0 Å². The highest BCUT2D eigenvalue weighted by Gasteiger charge is 2.59. The number of nitrogens with zero attached hydrogens (tertiary/aromatic N) is 3. The first-order valence-electron chi connectivity index (χ1n) is 14.7. The second kappa shape index (κ2) is 14.8. The lowest BCUT2D eigenvalue weighted by molar-refractivity contribution is -0.163. The average Bonchev–Trinajstić information content (AvgIpc) is 3.59. The Morgan fingerprint density at radius 3 is 2.43 bits per heavy atom. The lowest BCUT2D eigenvalue weighted by Gasteiger charge is -2.28. The van der Waals surface area contributed by atoms with Crippen LogP contribution in [0, 0.1) is 16.7 Å². The molecule has 46 heavy (non-hydrogen) atoms. The van der Waals surface area contributed by atoms with E-state index in [0.29, 0.717) is 5.56 Å². The number of nitrogens with one attached hydrogen (secondary N) is 1. The van der Waals surface area contributed by atoms with Crippen LogP contribution < -0.4 is 11.5 Å². The van der Waals surface area contributed by atoms with Crippen molar-refractivity contribution < 1.29 is 38.4 Å². The predicted molar refractivity (Wildman–Crippen MR) is 167 cm³/mol. The molecule has 2 heterocycles. The molecule has 0 unspecified atom stereocenters. The zero-order valence-electron chi connectivity index (χ0n) is 26.9. The summed E-state index contributed by atoms with van der Waals surface area (Å²) in [6.07, 6.45) is -3.59. The van der Waals surface area contributed by atoms with E-state index in [1.807, 2.05) is 12.1 Å². The fourth-order valence-electron chi connectivity index (χ4n) is 4.63. The number of H-pyrrole nitrogens is 1. The number of amidine groups is 1. The lowest BCUT2D eigenvalue weighted by Crippen LogP contribution is -2.49. The van der Waals surface area contributed by atoms with Gasteiger partial charge in [-0.2, -0.15) is 10.3 Å². The normalized spacial score (nSPS) is 22.8. The Hall–Kier alpha value is -4.42. The van der Waals surface area contributed by atoms with Gasteiger partial charge in [-0.05, 0) is 43.9 Å². The van der Waals surface area contributed by atoms with Crippen molar-refractivity contribution in [1.29, 1.82) is 5.26 Å². The molecule has 1 saturated heterocycles. The number of benzene rings is 1. The molecule has 248 valence electrons. The fraction of sp³-hybridized carbons (Fsp3) is 0.500. The highest BCUT2D eigenvalue weighted by Crippen LogP contribution is 2.41. The van der Waals surface area contributed by atoms with Crippen LogP contribution in [0.15, 0.2) is 52.4 Å². The second-order valence-corrected chi connectivity index (χ2v) is 12.3. The number of carbonyl (C=O) groups excluding carboxylic acids is 3. The number of ether oxygens (including phenoxy) is 4. The number of nitrogens with two attached hydrogens (primary N) is 2. The minimum absolute atomic E-state index is 0.0215. The largest absolute Gasteiger partial charge is 0.463 e. The zero-order chi connectivity index (χ0) is 34.3. The highest BCUT2D eigenvalue weighted by molar-refractivity contribution is 6.08. The minimum Gasteiger partial charge on any atom is -0.463 e.